The van der Waals surface area contributed by atoms with Gasteiger partial charge in [0.15, 0.2) is 0 Å². The molecule has 1 rings (SSSR count). The van der Waals surface area contributed by atoms with Gasteiger partial charge in [-0.1, -0.05) is 6.58 Å². The van der Waals surface area contributed by atoms with E-state index in [1.807, 2.05) is 6.20 Å². The summed E-state index contributed by atoms with van der Waals surface area (Å²) in [7, 11) is 0. The Morgan fingerprint density at radius 2 is 2.00 bits per heavy atom. The van der Waals surface area contributed by atoms with Crippen molar-refractivity contribution in [3.63, 3.8) is 0 Å². The van der Waals surface area contributed by atoms with Crippen LogP contribution in [0.4, 0.5) is 0 Å². The second-order valence-corrected chi connectivity index (χ2v) is 1.97. The molecule has 0 aromatic heterocycles. The molecule has 2 radical (unpaired) electrons. The van der Waals surface area contributed by atoms with Gasteiger partial charge in [0, 0.05) is 13.1 Å². The molecule has 44 valence electrons. The third kappa shape index (κ3) is 1.25. The Morgan fingerprint density at radius 3 is 2.38 bits per heavy atom. The van der Waals surface area contributed by atoms with Crippen molar-refractivity contribution in [1.82, 2.24) is 4.90 Å². The van der Waals surface area contributed by atoms with Crippen LogP contribution in [0.5, 0.6) is 0 Å². The van der Waals surface area contributed by atoms with Crippen LogP contribution >= 0.6 is 0 Å². The molecule has 0 spiro atoms. The lowest BCUT2D eigenvalue weighted by molar-refractivity contribution is 0.348. The Bertz CT molecular complexity index is 72.5. The first-order valence-electron chi connectivity index (χ1n) is 3.01. The molecule has 0 saturated carbocycles. The molecule has 0 atom stereocenters. The maximum atomic E-state index is 3.68. The number of hydrogen-bond donors (Lipinski definition) is 0. The van der Waals surface area contributed by atoms with Gasteiger partial charge < -0.3 is 4.90 Å². The van der Waals surface area contributed by atoms with Gasteiger partial charge in [-0.3, -0.25) is 0 Å². The highest BCUT2D eigenvalue weighted by Crippen LogP contribution is 2.06. The molecule has 1 fully saturated rings. The highest BCUT2D eigenvalue weighted by Gasteiger charge is 2.03. The van der Waals surface area contributed by atoms with Gasteiger partial charge in [-0.15, -0.1) is 0 Å². The normalized spacial score (nSPS) is 20.8. The van der Waals surface area contributed by atoms with Gasteiger partial charge in [0.05, 0.1) is 0 Å². The molecule has 0 aromatic carbocycles. The van der Waals surface area contributed by atoms with Crippen molar-refractivity contribution < 1.29 is 0 Å². The van der Waals surface area contributed by atoms with Crippen LogP contribution in [0.1, 0.15) is 12.8 Å². The Balaban J connectivity index is 2.22. The number of hydrogen-bond acceptors (Lipinski definition) is 1. The van der Waals surface area contributed by atoms with Crippen molar-refractivity contribution in [2.75, 3.05) is 13.1 Å². The Labute approximate surface area is 51.0 Å². The SMILES string of the molecule is C=CN1CC[C]CC1. The van der Waals surface area contributed by atoms with E-state index in [9.17, 15) is 0 Å². The minimum atomic E-state index is 1.10. The summed E-state index contributed by atoms with van der Waals surface area (Å²) in [5.41, 5.74) is 0. The Hall–Kier alpha value is -0.460. The van der Waals surface area contributed by atoms with E-state index >= 15 is 0 Å². The number of nitrogens with zero attached hydrogens (tertiary/aromatic N) is 1. The average molecular weight is 109 g/mol. The fourth-order valence-corrected chi connectivity index (χ4v) is 0.865. The fourth-order valence-electron chi connectivity index (χ4n) is 0.865. The predicted molar refractivity (Wildman–Crippen MR) is 34.2 cm³/mol. The quantitative estimate of drug-likeness (QED) is 0.490. The summed E-state index contributed by atoms with van der Waals surface area (Å²) in [6.07, 6.45) is 7.37. The molecule has 0 unspecified atom stereocenters. The highest BCUT2D eigenvalue weighted by atomic mass is 15.1. The van der Waals surface area contributed by atoms with Gasteiger partial charge in [-0.25, -0.2) is 0 Å². The molecular formula is C7H11N. The molecule has 8 heavy (non-hydrogen) atoms. The first-order chi connectivity index (χ1) is 3.93. The molecule has 1 nitrogen and oxygen atoms in total. The molecule has 0 amide bonds. The lowest BCUT2D eigenvalue weighted by Crippen LogP contribution is -2.23. The lowest BCUT2D eigenvalue weighted by atomic mass is 10.1. The van der Waals surface area contributed by atoms with Gasteiger partial charge in [0.25, 0.3) is 0 Å². The summed E-state index contributed by atoms with van der Waals surface area (Å²) in [4.78, 5) is 2.22. The summed E-state index contributed by atoms with van der Waals surface area (Å²) in [5.74, 6) is 0. The van der Waals surface area contributed by atoms with Crippen molar-refractivity contribution >= 4 is 0 Å². The van der Waals surface area contributed by atoms with E-state index in [1.165, 1.54) is 0 Å². The van der Waals surface area contributed by atoms with Crippen molar-refractivity contribution in [2.45, 2.75) is 12.8 Å². The van der Waals surface area contributed by atoms with E-state index in [0.29, 0.717) is 0 Å². The molecule has 1 aliphatic heterocycles. The fraction of sp³-hybridized carbons (Fsp3) is 0.571. The first-order valence-corrected chi connectivity index (χ1v) is 3.01. The zero-order valence-corrected chi connectivity index (χ0v) is 5.06. The van der Waals surface area contributed by atoms with E-state index in [4.69, 9.17) is 0 Å². The van der Waals surface area contributed by atoms with Crippen LogP contribution in [0.25, 0.3) is 0 Å². The van der Waals surface area contributed by atoms with Crippen LogP contribution in [-0.2, 0) is 0 Å². The predicted octanol–water partition coefficient (Wildman–Crippen LogP) is 1.31. The summed E-state index contributed by atoms with van der Waals surface area (Å²) in [6, 6.07) is 0. The van der Waals surface area contributed by atoms with Gasteiger partial charge in [0.2, 0.25) is 0 Å². The van der Waals surface area contributed by atoms with Crippen LogP contribution in [0.3, 0.4) is 0 Å². The minimum absolute atomic E-state index is 1.10. The topological polar surface area (TPSA) is 3.24 Å². The van der Waals surface area contributed by atoms with E-state index in [1.54, 1.807) is 0 Å². The molecule has 0 N–H and O–H groups in total. The minimum Gasteiger partial charge on any atom is -0.378 e. The van der Waals surface area contributed by atoms with E-state index in [0.717, 1.165) is 25.9 Å². The van der Waals surface area contributed by atoms with Crippen molar-refractivity contribution in [2.24, 2.45) is 0 Å². The van der Waals surface area contributed by atoms with Crippen LogP contribution < -0.4 is 0 Å². The Morgan fingerprint density at radius 1 is 1.38 bits per heavy atom. The van der Waals surface area contributed by atoms with Crippen molar-refractivity contribution in [3.05, 3.63) is 19.2 Å². The second kappa shape index (κ2) is 2.75. The van der Waals surface area contributed by atoms with Crippen LogP contribution in [-0.4, -0.2) is 18.0 Å². The maximum Gasteiger partial charge on any atom is 0.0178 e. The van der Waals surface area contributed by atoms with Crippen molar-refractivity contribution in [3.8, 4) is 0 Å². The van der Waals surface area contributed by atoms with Crippen LogP contribution in [0.2, 0.25) is 0 Å². The summed E-state index contributed by atoms with van der Waals surface area (Å²) in [5, 5.41) is 0. The Kier molecular flexibility index (Phi) is 1.95. The number of likely N-dealkylation sites (tertiary alicyclic amines) is 1. The van der Waals surface area contributed by atoms with Crippen LogP contribution in [0.15, 0.2) is 12.8 Å². The van der Waals surface area contributed by atoms with Gasteiger partial charge in [-0.2, -0.15) is 0 Å². The monoisotopic (exact) mass is 109 g/mol. The van der Waals surface area contributed by atoms with Crippen molar-refractivity contribution in [1.29, 1.82) is 0 Å². The van der Waals surface area contributed by atoms with Crippen LogP contribution in [0, 0.1) is 6.42 Å². The number of piperidine rings is 1. The summed E-state index contributed by atoms with van der Waals surface area (Å²) < 4.78 is 0. The molecule has 0 aliphatic carbocycles. The third-order valence-electron chi connectivity index (χ3n) is 1.41. The molecule has 0 aromatic rings. The first kappa shape index (κ1) is 5.67. The van der Waals surface area contributed by atoms with E-state index in [2.05, 4.69) is 17.9 Å². The average Bonchev–Trinajstić information content (AvgIpc) is 1.90. The zero-order valence-electron chi connectivity index (χ0n) is 5.06. The molecule has 1 aliphatic rings. The highest BCUT2D eigenvalue weighted by molar-refractivity contribution is 4.81. The molecule has 1 saturated heterocycles. The molecule has 1 heteroatoms. The largest absolute Gasteiger partial charge is 0.378 e. The van der Waals surface area contributed by atoms with Gasteiger partial charge in [0.1, 0.15) is 0 Å². The molecule has 1 heterocycles. The summed E-state index contributed by atoms with van der Waals surface area (Å²) >= 11 is 0. The van der Waals surface area contributed by atoms with Gasteiger partial charge in [-0.05, 0) is 25.5 Å². The maximum absolute atomic E-state index is 3.68. The third-order valence-corrected chi connectivity index (χ3v) is 1.41. The lowest BCUT2D eigenvalue weighted by Gasteiger charge is -2.23. The smallest absolute Gasteiger partial charge is 0.0178 e. The second-order valence-electron chi connectivity index (χ2n) is 1.97. The van der Waals surface area contributed by atoms with E-state index in [-0.39, 0.29) is 0 Å². The molecule has 0 bridgehead atoms. The zero-order chi connectivity index (χ0) is 5.82. The van der Waals surface area contributed by atoms with E-state index < -0.39 is 0 Å². The number of rotatable bonds is 1. The van der Waals surface area contributed by atoms with Gasteiger partial charge >= 0.3 is 0 Å². The standard InChI is InChI=1S/C7H11N/c1-2-8-6-4-3-5-7-8/h2H,1,4-7H2. The summed E-state index contributed by atoms with van der Waals surface area (Å²) in [6.45, 7) is 5.91. The molecular weight excluding hydrogens is 98.1 g/mol.